The molecule has 3 aromatic rings. The van der Waals surface area contributed by atoms with Gasteiger partial charge < -0.3 is 9.47 Å². The summed E-state index contributed by atoms with van der Waals surface area (Å²) in [6, 6.07) is 4.85. The van der Waals surface area contributed by atoms with Crippen molar-refractivity contribution in [3.63, 3.8) is 0 Å². The van der Waals surface area contributed by atoms with Crippen LogP contribution in [0.4, 0.5) is 13.2 Å². The van der Waals surface area contributed by atoms with Gasteiger partial charge in [-0.05, 0) is 24.1 Å². The van der Waals surface area contributed by atoms with E-state index in [0.29, 0.717) is 5.03 Å². The van der Waals surface area contributed by atoms with Gasteiger partial charge in [0.15, 0.2) is 11.2 Å². The lowest BCUT2D eigenvalue weighted by Gasteiger charge is -2.22. The highest BCUT2D eigenvalue weighted by Gasteiger charge is 2.31. The summed E-state index contributed by atoms with van der Waals surface area (Å²) in [4.78, 5) is 31.2. The maximum Gasteiger partial charge on any atom is 0.573 e. The molecular formula is C21H18ClF3N4O4. The lowest BCUT2D eigenvalue weighted by atomic mass is 9.90. The van der Waals surface area contributed by atoms with Crippen LogP contribution in [0.25, 0.3) is 11.2 Å². The molecule has 0 saturated heterocycles. The van der Waals surface area contributed by atoms with Crippen molar-refractivity contribution in [2.24, 2.45) is 18.9 Å². The Labute approximate surface area is 189 Å². The second-order valence-corrected chi connectivity index (χ2v) is 7.99. The number of imidazole rings is 1. The van der Waals surface area contributed by atoms with Gasteiger partial charge in [0, 0.05) is 30.6 Å². The summed E-state index contributed by atoms with van der Waals surface area (Å²) in [5.74, 6) is -0.548. The smallest absolute Gasteiger partial charge is 0.425 e. The fraction of sp³-hybridized carbons (Fsp3) is 0.286. The minimum atomic E-state index is -4.87. The molecule has 0 bridgehead atoms. The summed E-state index contributed by atoms with van der Waals surface area (Å²) in [5.41, 5.74) is -1.16. The van der Waals surface area contributed by atoms with Gasteiger partial charge in [-0.25, -0.2) is 4.79 Å². The molecule has 0 aliphatic heterocycles. The predicted octanol–water partition coefficient (Wildman–Crippen LogP) is 4.06. The van der Waals surface area contributed by atoms with Gasteiger partial charge in [-0.1, -0.05) is 36.7 Å². The van der Waals surface area contributed by atoms with Crippen molar-refractivity contribution in [3.8, 4) is 17.5 Å². The van der Waals surface area contributed by atoms with Gasteiger partial charge in [0.25, 0.3) is 5.56 Å². The van der Waals surface area contributed by atoms with E-state index in [9.17, 15) is 22.8 Å². The fourth-order valence-electron chi connectivity index (χ4n) is 3.56. The minimum Gasteiger partial charge on any atom is -0.425 e. The number of hydrogen-bond donors (Lipinski definition) is 1. The number of nitrogens with one attached hydrogen (secondary N) is 1. The Morgan fingerprint density at radius 3 is 2.67 bits per heavy atom. The Balaban J connectivity index is 1.79. The number of hydrogen-bond acceptors (Lipinski definition) is 5. The van der Waals surface area contributed by atoms with Gasteiger partial charge >= 0.3 is 18.1 Å². The first-order chi connectivity index (χ1) is 15.5. The topological polar surface area (TPSA) is 91.1 Å². The molecular weight excluding hydrogens is 465 g/mol. The van der Waals surface area contributed by atoms with Crippen LogP contribution in [0.3, 0.4) is 0 Å². The average Bonchev–Trinajstić information content (AvgIpc) is 3.06. The third-order valence-electron chi connectivity index (χ3n) is 5.21. The molecule has 2 unspecified atom stereocenters. The first-order valence-electron chi connectivity index (χ1n) is 9.80. The monoisotopic (exact) mass is 482 g/mol. The van der Waals surface area contributed by atoms with E-state index in [4.69, 9.17) is 16.3 Å². The van der Waals surface area contributed by atoms with Crippen LogP contribution in [-0.2, 0) is 13.6 Å². The first-order valence-corrected chi connectivity index (χ1v) is 10.2. The Hall–Kier alpha value is -3.47. The minimum absolute atomic E-state index is 0.00455. The average molecular weight is 483 g/mol. The van der Waals surface area contributed by atoms with Crippen LogP contribution in [0.5, 0.6) is 17.5 Å². The molecule has 0 radical (unpaired) electrons. The molecule has 0 spiro atoms. The Bertz CT molecular complexity index is 1390. The highest BCUT2D eigenvalue weighted by Crippen LogP contribution is 2.32. The molecule has 4 rings (SSSR count). The molecule has 8 nitrogen and oxygen atoms in total. The van der Waals surface area contributed by atoms with E-state index in [1.807, 2.05) is 19.1 Å². The quantitative estimate of drug-likeness (QED) is 0.592. The van der Waals surface area contributed by atoms with E-state index >= 15 is 0 Å². The maximum atomic E-state index is 12.6. The van der Waals surface area contributed by atoms with Gasteiger partial charge in [-0.2, -0.15) is 4.98 Å². The SMILES string of the molecule is CC1C=C(Cl)C=CC1Cn1c(Oc2cccc(OC(F)(F)F)c2)nc2c1c(=O)[nH]c(=O)n2C. The first kappa shape index (κ1) is 22.7. The second kappa shape index (κ2) is 8.47. The zero-order valence-corrected chi connectivity index (χ0v) is 18.1. The molecule has 1 aliphatic carbocycles. The summed E-state index contributed by atoms with van der Waals surface area (Å²) in [6.45, 7) is 2.19. The summed E-state index contributed by atoms with van der Waals surface area (Å²) >= 11 is 6.06. The second-order valence-electron chi connectivity index (χ2n) is 7.55. The van der Waals surface area contributed by atoms with E-state index < -0.39 is 23.4 Å². The number of rotatable bonds is 5. The highest BCUT2D eigenvalue weighted by molar-refractivity contribution is 6.31. The maximum absolute atomic E-state index is 12.6. The van der Waals surface area contributed by atoms with Crippen LogP contribution in [0.2, 0.25) is 0 Å². The summed E-state index contributed by atoms with van der Waals surface area (Å²) in [7, 11) is 1.44. The zero-order chi connectivity index (χ0) is 23.9. The number of fused-ring (bicyclic) bond motifs is 1. The van der Waals surface area contributed by atoms with E-state index in [0.717, 1.165) is 16.7 Å². The molecule has 12 heteroatoms. The number of halogens is 4. The van der Waals surface area contributed by atoms with Gasteiger partial charge in [0.2, 0.25) is 0 Å². The van der Waals surface area contributed by atoms with E-state index in [1.54, 1.807) is 6.08 Å². The van der Waals surface area contributed by atoms with Gasteiger partial charge in [-0.3, -0.25) is 18.9 Å². The van der Waals surface area contributed by atoms with Gasteiger partial charge in [0.05, 0.1) is 0 Å². The number of H-pyrrole nitrogens is 1. The number of ether oxygens (including phenoxy) is 2. The summed E-state index contributed by atoms with van der Waals surface area (Å²) < 4.78 is 50.1. The normalized spacial score (nSPS) is 18.4. The van der Waals surface area contributed by atoms with Crippen molar-refractivity contribution < 1.29 is 22.6 Å². The molecule has 174 valence electrons. The molecule has 33 heavy (non-hydrogen) atoms. The van der Waals surface area contributed by atoms with Crippen molar-refractivity contribution >= 4 is 22.8 Å². The molecule has 1 aromatic carbocycles. The lowest BCUT2D eigenvalue weighted by molar-refractivity contribution is -0.274. The summed E-state index contributed by atoms with van der Waals surface area (Å²) in [6.07, 6.45) is 0.625. The van der Waals surface area contributed by atoms with Crippen LogP contribution >= 0.6 is 11.6 Å². The van der Waals surface area contributed by atoms with Crippen LogP contribution in [0, 0.1) is 11.8 Å². The Morgan fingerprint density at radius 2 is 1.97 bits per heavy atom. The van der Waals surface area contributed by atoms with Crippen molar-refractivity contribution in [2.75, 3.05) is 0 Å². The van der Waals surface area contributed by atoms with Crippen LogP contribution in [0.15, 0.2) is 57.1 Å². The van der Waals surface area contributed by atoms with Crippen molar-refractivity contribution in [1.29, 1.82) is 0 Å². The zero-order valence-electron chi connectivity index (χ0n) is 17.4. The molecule has 2 aromatic heterocycles. The van der Waals surface area contributed by atoms with Gasteiger partial charge in [0.1, 0.15) is 11.5 Å². The Kier molecular flexibility index (Phi) is 5.83. The highest BCUT2D eigenvalue weighted by atomic mass is 35.5. The number of aromatic amines is 1. The molecule has 2 atom stereocenters. The largest absolute Gasteiger partial charge is 0.573 e. The predicted molar refractivity (Wildman–Crippen MR) is 115 cm³/mol. The number of allylic oxidation sites excluding steroid dienone is 4. The molecule has 0 saturated carbocycles. The number of alkyl halides is 3. The van der Waals surface area contributed by atoms with E-state index in [2.05, 4.69) is 14.7 Å². The van der Waals surface area contributed by atoms with Crippen molar-refractivity contribution in [2.45, 2.75) is 19.8 Å². The third kappa shape index (κ3) is 4.82. The lowest BCUT2D eigenvalue weighted by Crippen LogP contribution is -2.29. The number of aryl methyl sites for hydroxylation is 1. The molecule has 1 N–H and O–H groups in total. The Morgan fingerprint density at radius 1 is 1.24 bits per heavy atom. The number of benzene rings is 1. The molecule has 0 amide bonds. The molecule has 2 heterocycles. The molecule has 1 aliphatic rings. The van der Waals surface area contributed by atoms with Crippen molar-refractivity contribution in [3.05, 3.63) is 68.4 Å². The number of nitrogens with zero attached hydrogens (tertiary/aromatic N) is 3. The number of aromatic nitrogens is 4. The third-order valence-corrected chi connectivity index (χ3v) is 5.47. The van der Waals surface area contributed by atoms with Gasteiger partial charge in [-0.15, -0.1) is 13.2 Å². The fourth-order valence-corrected chi connectivity index (χ4v) is 3.83. The van der Waals surface area contributed by atoms with Crippen LogP contribution < -0.4 is 20.7 Å². The summed E-state index contributed by atoms with van der Waals surface area (Å²) in [5, 5.41) is 0.590. The molecule has 0 fully saturated rings. The van der Waals surface area contributed by atoms with Crippen molar-refractivity contribution in [1.82, 2.24) is 19.1 Å². The van der Waals surface area contributed by atoms with E-state index in [-0.39, 0.29) is 41.3 Å². The van der Waals surface area contributed by atoms with Crippen LogP contribution in [0.1, 0.15) is 6.92 Å². The van der Waals surface area contributed by atoms with E-state index in [1.165, 1.54) is 23.7 Å². The standard InChI is InChI=1S/C21H18ClF3N4O4/c1-11-8-13(22)7-6-12(11)10-29-16-17(28(2)19(31)27-18(16)30)26-20(29)32-14-4-3-5-15(9-14)33-21(23,24)25/h3-9,11-12H,10H2,1-2H3,(H,27,30,31). The van der Waals surface area contributed by atoms with Crippen LogP contribution in [-0.4, -0.2) is 25.5 Å².